The molecule has 0 radical (unpaired) electrons. The number of fused-ring (bicyclic) bond motifs is 1. The second-order valence-corrected chi connectivity index (χ2v) is 7.99. The first-order valence-corrected chi connectivity index (χ1v) is 9.90. The third-order valence-electron chi connectivity index (χ3n) is 4.84. The van der Waals surface area contributed by atoms with Gasteiger partial charge in [0.25, 0.3) is 0 Å². The molecule has 0 spiro atoms. The van der Waals surface area contributed by atoms with Gasteiger partial charge in [-0.2, -0.15) is 0 Å². The summed E-state index contributed by atoms with van der Waals surface area (Å²) in [5.74, 6) is 0.585. The second-order valence-electron chi connectivity index (χ2n) is 6.66. The zero-order chi connectivity index (χ0) is 19.8. The molecule has 0 saturated heterocycles. The van der Waals surface area contributed by atoms with Gasteiger partial charge in [0.05, 0.1) is 29.0 Å². The van der Waals surface area contributed by atoms with Crippen molar-refractivity contribution in [1.29, 1.82) is 0 Å². The quantitative estimate of drug-likeness (QED) is 0.497. The van der Waals surface area contributed by atoms with Gasteiger partial charge in [-0.1, -0.05) is 33.6 Å². The molecule has 5 nitrogen and oxygen atoms in total. The van der Waals surface area contributed by atoms with Crippen molar-refractivity contribution in [3.63, 3.8) is 0 Å². The van der Waals surface area contributed by atoms with Gasteiger partial charge >= 0.3 is 5.97 Å². The lowest BCUT2D eigenvalue weighted by molar-refractivity contribution is -0.151. The highest BCUT2D eigenvalue weighted by molar-refractivity contribution is 9.10. The fraction of sp³-hybridized carbons (Fsp3) is 0.238. The van der Waals surface area contributed by atoms with Crippen molar-refractivity contribution in [2.45, 2.75) is 18.9 Å². The maximum atomic E-state index is 12.5. The molecule has 0 bridgehead atoms. The molecule has 7 heteroatoms. The molecule has 0 amide bonds. The number of esters is 1. The van der Waals surface area contributed by atoms with Crippen LogP contribution in [0.4, 0.5) is 0 Å². The predicted octanol–water partition coefficient (Wildman–Crippen LogP) is 5.21. The van der Waals surface area contributed by atoms with Gasteiger partial charge in [0.2, 0.25) is 0 Å². The Morgan fingerprint density at radius 3 is 2.75 bits per heavy atom. The minimum absolute atomic E-state index is 0.104. The molecule has 1 aromatic heterocycles. The fourth-order valence-electron chi connectivity index (χ4n) is 3.27. The second kappa shape index (κ2) is 7.60. The SMILES string of the molecule is COC(=O)C1CC(Oc2cc(Br)ccc2-c2cc(=O)c3cccc(Cl)c3o2)C1. The van der Waals surface area contributed by atoms with E-state index in [2.05, 4.69) is 15.9 Å². The average Bonchev–Trinajstić information content (AvgIpc) is 2.64. The van der Waals surface area contributed by atoms with Crippen molar-refractivity contribution in [3.05, 3.63) is 62.2 Å². The van der Waals surface area contributed by atoms with Crippen LogP contribution in [-0.2, 0) is 9.53 Å². The molecule has 1 fully saturated rings. The molecule has 0 unspecified atom stereocenters. The maximum Gasteiger partial charge on any atom is 0.308 e. The topological polar surface area (TPSA) is 65.7 Å². The van der Waals surface area contributed by atoms with E-state index in [1.54, 1.807) is 18.2 Å². The fourth-order valence-corrected chi connectivity index (χ4v) is 3.83. The van der Waals surface area contributed by atoms with Crippen LogP contribution >= 0.6 is 27.5 Å². The van der Waals surface area contributed by atoms with Crippen LogP contribution in [0.1, 0.15) is 12.8 Å². The van der Waals surface area contributed by atoms with Crippen LogP contribution in [0.3, 0.4) is 0 Å². The Balaban J connectivity index is 1.70. The van der Waals surface area contributed by atoms with Gasteiger partial charge in [-0.05, 0) is 43.2 Å². The largest absolute Gasteiger partial charge is 0.490 e. The molecule has 4 rings (SSSR count). The summed E-state index contributed by atoms with van der Waals surface area (Å²) in [7, 11) is 1.38. The Kier molecular flexibility index (Phi) is 5.17. The summed E-state index contributed by atoms with van der Waals surface area (Å²) in [6.45, 7) is 0. The Labute approximate surface area is 174 Å². The number of hydrogen-bond donors (Lipinski definition) is 0. The minimum Gasteiger partial charge on any atom is -0.490 e. The number of halogens is 2. The monoisotopic (exact) mass is 462 g/mol. The number of carbonyl (C=O) groups excluding carboxylic acids is 1. The lowest BCUT2D eigenvalue weighted by Gasteiger charge is -2.33. The average molecular weight is 464 g/mol. The first kappa shape index (κ1) is 19.0. The number of para-hydroxylation sites is 1. The van der Waals surface area contributed by atoms with Gasteiger partial charge in [0.1, 0.15) is 17.6 Å². The Hall–Kier alpha value is -2.31. The summed E-state index contributed by atoms with van der Waals surface area (Å²) in [5.41, 5.74) is 0.806. The van der Waals surface area contributed by atoms with E-state index in [9.17, 15) is 9.59 Å². The molecule has 28 heavy (non-hydrogen) atoms. The Morgan fingerprint density at radius 1 is 1.21 bits per heavy atom. The van der Waals surface area contributed by atoms with Gasteiger partial charge in [0, 0.05) is 10.5 Å². The van der Waals surface area contributed by atoms with E-state index in [1.165, 1.54) is 13.2 Å². The van der Waals surface area contributed by atoms with Crippen molar-refractivity contribution in [3.8, 4) is 17.1 Å². The summed E-state index contributed by atoms with van der Waals surface area (Å²) in [6.07, 6.45) is 1.08. The van der Waals surface area contributed by atoms with Crippen LogP contribution in [0.25, 0.3) is 22.3 Å². The molecule has 1 heterocycles. The van der Waals surface area contributed by atoms with Crippen molar-refractivity contribution in [1.82, 2.24) is 0 Å². The number of ether oxygens (including phenoxy) is 2. The molecule has 1 aliphatic carbocycles. The van der Waals surface area contributed by atoms with Crippen LogP contribution < -0.4 is 10.2 Å². The molecule has 0 N–H and O–H groups in total. The van der Waals surface area contributed by atoms with Crippen molar-refractivity contribution in [2.75, 3.05) is 7.11 Å². The molecule has 1 saturated carbocycles. The number of rotatable bonds is 4. The van der Waals surface area contributed by atoms with Crippen LogP contribution in [-0.4, -0.2) is 19.2 Å². The van der Waals surface area contributed by atoms with Crippen LogP contribution in [0.2, 0.25) is 5.02 Å². The third kappa shape index (κ3) is 3.54. The van der Waals surface area contributed by atoms with E-state index in [1.807, 2.05) is 18.2 Å². The standard InChI is InChI=1S/C21H16BrClO5/c1-26-21(25)11-7-13(8-11)27-18-9-12(22)5-6-15(18)19-10-17(24)14-3-2-4-16(23)20(14)28-19/h2-6,9-11,13H,7-8H2,1H3. The molecule has 1 aliphatic rings. The third-order valence-corrected chi connectivity index (χ3v) is 5.63. The molecule has 2 aromatic carbocycles. The first-order valence-electron chi connectivity index (χ1n) is 8.73. The number of hydrogen-bond acceptors (Lipinski definition) is 5. The van der Waals surface area contributed by atoms with E-state index in [-0.39, 0.29) is 23.4 Å². The van der Waals surface area contributed by atoms with Crippen LogP contribution in [0.15, 0.2) is 56.1 Å². The van der Waals surface area contributed by atoms with E-state index in [0.29, 0.717) is 45.9 Å². The van der Waals surface area contributed by atoms with E-state index >= 15 is 0 Å². The molecule has 3 aromatic rings. The summed E-state index contributed by atoms with van der Waals surface area (Å²) in [6, 6.07) is 12.0. The van der Waals surface area contributed by atoms with Crippen molar-refractivity contribution in [2.24, 2.45) is 5.92 Å². The van der Waals surface area contributed by atoms with Gasteiger partial charge in [-0.3, -0.25) is 9.59 Å². The van der Waals surface area contributed by atoms with Crippen LogP contribution in [0, 0.1) is 5.92 Å². The zero-order valence-electron chi connectivity index (χ0n) is 14.9. The smallest absolute Gasteiger partial charge is 0.308 e. The van der Waals surface area contributed by atoms with Crippen molar-refractivity contribution < 1.29 is 18.7 Å². The normalized spacial score (nSPS) is 18.5. The van der Waals surface area contributed by atoms with E-state index in [4.69, 9.17) is 25.5 Å². The molecule has 144 valence electrons. The lowest BCUT2D eigenvalue weighted by Crippen LogP contribution is -2.38. The summed E-state index contributed by atoms with van der Waals surface area (Å²) < 4.78 is 17.6. The van der Waals surface area contributed by atoms with Gasteiger partial charge in [0.15, 0.2) is 11.0 Å². The predicted molar refractivity (Wildman–Crippen MR) is 110 cm³/mol. The Bertz CT molecular complexity index is 1120. The highest BCUT2D eigenvalue weighted by Gasteiger charge is 2.37. The summed E-state index contributed by atoms with van der Waals surface area (Å²) in [5, 5.41) is 0.798. The summed E-state index contributed by atoms with van der Waals surface area (Å²) in [4.78, 5) is 24.1. The molecular formula is C21H16BrClO5. The highest BCUT2D eigenvalue weighted by Crippen LogP contribution is 2.39. The zero-order valence-corrected chi connectivity index (χ0v) is 17.2. The molecule has 0 atom stereocenters. The highest BCUT2D eigenvalue weighted by atomic mass is 79.9. The minimum atomic E-state index is -0.218. The van der Waals surface area contributed by atoms with E-state index < -0.39 is 0 Å². The van der Waals surface area contributed by atoms with Crippen LogP contribution in [0.5, 0.6) is 5.75 Å². The van der Waals surface area contributed by atoms with Gasteiger partial charge in [-0.25, -0.2) is 0 Å². The molecular weight excluding hydrogens is 448 g/mol. The number of benzene rings is 2. The van der Waals surface area contributed by atoms with Gasteiger partial charge in [-0.15, -0.1) is 0 Å². The Morgan fingerprint density at radius 2 is 2.00 bits per heavy atom. The van der Waals surface area contributed by atoms with E-state index in [0.717, 1.165) is 4.47 Å². The van der Waals surface area contributed by atoms with Crippen molar-refractivity contribution >= 4 is 44.5 Å². The number of methoxy groups -OCH3 is 1. The number of carbonyl (C=O) groups is 1. The summed E-state index contributed by atoms with van der Waals surface area (Å²) >= 11 is 9.66. The van der Waals surface area contributed by atoms with Gasteiger partial charge < -0.3 is 13.9 Å². The lowest BCUT2D eigenvalue weighted by atomic mass is 9.82. The molecule has 0 aliphatic heterocycles. The maximum absolute atomic E-state index is 12.5. The first-order chi connectivity index (χ1) is 13.5.